The van der Waals surface area contributed by atoms with Gasteiger partial charge in [0.05, 0.1) is 6.61 Å². The quantitative estimate of drug-likeness (QED) is 0.797. The number of hydrogen-bond acceptors (Lipinski definition) is 3. The Morgan fingerprint density at radius 1 is 0.850 bits per heavy atom. The normalized spacial score (nSPS) is 16.1. The summed E-state index contributed by atoms with van der Waals surface area (Å²) in [7, 11) is 0. The maximum atomic E-state index is 10.2. The SMILES string of the molecule is CC(C)(C)c1cc(C(O)C(O)CO)cc(C(C)(C)C)c1. The van der Waals surface area contributed by atoms with E-state index in [0.717, 1.165) is 11.1 Å². The monoisotopic (exact) mass is 280 g/mol. The molecule has 0 saturated carbocycles. The molecule has 2 unspecified atom stereocenters. The van der Waals surface area contributed by atoms with Crippen molar-refractivity contribution in [2.75, 3.05) is 6.61 Å². The Hall–Kier alpha value is -0.900. The maximum absolute atomic E-state index is 10.2. The Bertz CT molecular complexity index is 420. The predicted molar refractivity (Wildman–Crippen MR) is 81.9 cm³/mol. The molecule has 114 valence electrons. The topological polar surface area (TPSA) is 60.7 Å². The van der Waals surface area contributed by atoms with Crippen molar-refractivity contribution in [2.24, 2.45) is 0 Å². The first-order valence-electron chi connectivity index (χ1n) is 7.09. The standard InChI is InChI=1S/C17H28O3/c1-16(2,3)12-7-11(15(20)14(19)10-18)8-13(9-12)17(4,5)6/h7-9,14-15,18-20H,10H2,1-6H3. The van der Waals surface area contributed by atoms with E-state index in [1.807, 2.05) is 12.1 Å². The van der Waals surface area contributed by atoms with Gasteiger partial charge in [-0.1, -0.05) is 59.7 Å². The molecule has 0 amide bonds. The van der Waals surface area contributed by atoms with E-state index in [1.165, 1.54) is 0 Å². The molecule has 3 nitrogen and oxygen atoms in total. The van der Waals surface area contributed by atoms with Crippen molar-refractivity contribution in [1.82, 2.24) is 0 Å². The highest BCUT2D eigenvalue weighted by atomic mass is 16.4. The van der Waals surface area contributed by atoms with Crippen molar-refractivity contribution < 1.29 is 15.3 Å². The average molecular weight is 280 g/mol. The first-order valence-corrected chi connectivity index (χ1v) is 7.09. The molecule has 0 fully saturated rings. The minimum Gasteiger partial charge on any atom is -0.394 e. The van der Waals surface area contributed by atoms with Crippen LogP contribution in [0.1, 0.15) is 64.3 Å². The van der Waals surface area contributed by atoms with Crippen LogP contribution >= 0.6 is 0 Å². The zero-order valence-electron chi connectivity index (χ0n) is 13.4. The lowest BCUT2D eigenvalue weighted by Crippen LogP contribution is -2.24. The fourth-order valence-electron chi connectivity index (χ4n) is 2.01. The van der Waals surface area contributed by atoms with Gasteiger partial charge in [0.15, 0.2) is 0 Å². The van der Waals surface area contributed by atoms with Crippen LogP contribution in [0.2, 0.25) is 0 Å². The zero-order valence-corrected chi connectivity index (χ0v) is 13.4. The van der Waals surface area contributed by atoms with Gasteiger partial charge in [0.1, 0.15) is 12.2 Å². The third-order valence-electron chi connectivity index (χ3n) is 3.58. The van der Waals surface area contributed by atoms with Crippen molar-refractivity contribution in [3.8, 4) is 0 Å². The molecule has 0 bridgehead atoms. The molecular formula is C17H28O3. The Morgan fingerprint density at radius 2 is 1.25 bits per heavy atom. The number of rotatable bonds is 3. The molecule has 0 heterocycles. The van der Waals surface area contributed by atoms with Crippen molar-refractivity contribution in [3.63, 3.8) is 0 Å². The second kappa shape index (κ2) is 5.84. The van der Waals surface area contributed by atoms with E-state index < -0.39 is 18.8 Å². The molecule has 3 heteroatoms. The highest BCUT2D eigenvalue weighted by Crippen LogP contribution is 2.32. The molecule has 0 aliphatic rings. The van der Waals surface area contributed by atoms with Gasteiger partial charge < -0.3 is 15.3 Å². The lowest BCUT2D eigenvalue weighted by Gasteiger charge is -2.28. The third-order valence-corrected chi connectivity index (χ3v) is 3.58. The molecule has 0 aromatic heterocycles. The fraction of sp³-hybridized carbons (Fsp3) is 0.647. The van der Waals surface area contributed by atoms with Crippen LogP contribution in [0.4, 0.5) is 0 Å². The maximum Gasteiger partial charge on any atom is 0.107 e. The van der Waals surface area contributed by atoms with Gasteiger partial charge in [0.2, 0.25) is 0 Å². The van der Waals surface area contributed by atoms with Crippen molar-refractivity contribution in [1.29, 1.82) is 0 Å². The molecule has 0 aliphatic heterocycles. The summed E-state index contributed by atoms with van der Waals surface area (Å²) in [6.45, 7) is 12.3. The van der Waals surface area contributed by atoms with Crippen LogP contribution in [0, 0.1) is 0 Å². The Labute approximate surface area is 122 Å². The van der Waals surface area contributed by atoms with E-state index in [0.29, 0.717) is 5.56 Å². The average Bonchev–Trinajstić information content (AvgIpc) is 2.34. The van der Waals surface area contributed by atoms with E-state index in [2.05, 4.69) is 47.6 Å². The van der Waals surface area contributed by atoms with Gasteiger partial charge in [0.25, 0.3) is 0 Å². The largest absolute Gasteiger partial charge is 0.394 e. The molecule has 0 saturated heterocycles. The lowest BCUT2D eigenvalue weighted by molar-refractivity contribution is -0.0153. The van der Waals surface area contributed by atoms with Crippen LogP contribution in [0.25, 0.3) is 0 Å². The molecule has 1 aromatic rings. The number of hydrogen-bond donors (Lipinski definition) is 3. The van der Waals surface area contributed by atoms with Gasteiger partial charge >= 0.3 is 0 Å². The van der Waals surface area contributed by atoms with Gasteiger partial charge in [-0.05, 0) is 27.5 Å². The van der Waals surface area contributed by atoms with Gasteiger partial charge in [-0.3, -0.25) is 0 Å². The van der Waals surface area contributed by atoms with Gasteiger partial charge in [0, 0.05) is 0 Å². The summed E-state index contributed by atoms with van der Waals surface area (Å²) < 4.78 is 0. The number of aliphatic hydroxyl groups excluding tert-OH is 3. The molecular weight excluding hydrogens is 252 g/mol. The first kappa shape index (κ1) is 17.2. The van der Waals surface area contributed by atoms with Gasteiger partial charge in [-0.25, -0.2) is 0 Å². The molecule has 0 spiro atoms. The molecule has 3 N–H and O–H groups in total. The van der Waals surface area contributed by atoms with Crippen LogP contribution in [0.3, 0.4) is 0 Å². The second-order valence-corrected chi connectivity index (χ2v) is 7.54. The molecule has 2 atom stereocenters. The molecule has 1 aromatic carbocycles. The van der Waals surface area contributed by atoms with E-state index >= 15 is 0 Å². The summed E-state index contributed by atoms with van der Waals surface area (Å²) in [5, 5.41) is 28.8. The van der Waals surface area contributed by atoms with Gasteiger partial charge in [-0.15, -0.1) is 0 Å². The third kappa shape index (κ3) is 4.05. The number of aliphatic hydroxyl groups is 3. The molecule has 1 rings (SSSR count). The second-order valence-electron chi connectivity index (χ2n) is 7.54. The highest BCUT2D eigenvalue weighted by Gasteiger charge is 2.24. The van der Waals surface area contributed by atoms with Crippen LogP contribution in [-0.2, 0) is 10.8 Å². The lowest BCUT2D eigenvalue weighted by atomic mass is 9.79. The van der Waals surface area contributed by atoms with Crippen LogP contribution in [-0.4, -0.2) is 28.0 Å². The minimum atomic E-state index is -1.15. The summed E-state index contributed by atoms with van der Waals surface area (Å²) in [5.41, 5.74) is 2.80. The Kier molecular flexibility index (Phi) is 5.01. The zero-order chi connectivity index (χ0) is 15.7. The molecule has 0 radical (unpaired) electrons. The minimum absolute atomic E-state index is 0.0418. The van der Waals surface area contributed by atoms with Crippen molar-refractivity contribution in [3.05, 3.63) is 34.9 Å². The van der Waals surface area contributed by atoms with Gasteiger partial charge in [-0.2, -0.15) is 0 Å². The Morgan fingerprint density at radius 3 is 1.55 bits per heavy atom. The highest BCUT2D eigenvalue weighted by molar-refractivity contribution is 5.38. The van der Waals surface area contributed by atoms with Crippen LogP contribution < -0.4 is 0 Å². The molecule has 20 heavy (non-hydrogen) atoms. The first-order chi connectivity index (χ1) is 8.96. The van der Waals surface area contributed by atoms with E-state index in [1.54, 1.807) is 0 Å². The van der Waals surface area contributed by atoms with Crippen LogP contribution in [0.15, 0.2) is 18.2 Å². The number of benzene rings is 1. The van der Waals surface area contributed by atoms with Crippen LogP contribution in [0.5, 0.6) is 0 Å². The summed E-state index contributed by atoms with van der Waals surface area (Å²) in [4.78, 5) is 0. The summed E-state index contributed by atoms with van der Waals surface area (Å²) in [5.74, 6) is 0. The smallest absolute Gasteiger partial charge is 0.107 e. The van der Waals surface area contributed by atoms with E-state index in [9.17, 15) is 10.2 Å². The van der Waals surface area contributed by atoms with E-state index in [-0.39, 0.29) is 10.8 Å². The summed E-state index contributed by atoms with van der Waals surface area (Å²) >= 11 is 0. The molecule has 0 aliphatic carbocycles. The summed E-state index contributed by atoms with van der Waals surface area (Å²) in [6.07, 6.45) is -2.22. The van der Waals surface area contributed by atoms with Crippen molar-refractivity contribution in [2.45, 2.75) is 64.6 Å². The Balaban J connectivity index is 3.38. The fourth-order valence-corrected chi connectivity index (χ4v) is 2.01. The van der Waals surface area contributed by atoms with E-state index in [4.69, 9.17) is 5.11 Å². The summed E-state index contributed by atoms with van der Waals surface area (Å²) in [6, 6.07) is 5.99. The van der Waals surface area contributed by atoms with Crippen molar-refractivity contribution >= 4 is 0 Å². The predicted octanol–water partition coefficient (Wildman–Crippen LogP) is 2.67.